The van der Waals surface area contributed by atoms with Gasteiger partial charge >= 0.3 is 5.97 Å². The van der Waals surface area contributed by atoms with Crippen molar-refractivity contribution >= 4 is 39.5 Å². The molecule has 7 heteroatoms. The summed E-state index contributed by atoms with van der Waals surface area (Å²) in [5, 5.41) is 0.736. The van der Waals surface area contributed by atoms with Crippen molar-refractivity contribution in [2.45, 2.75) is 19.3 Å². The molecule has 114 valence electrons. The average Bonchev–Trinajstić information content (AvgIpc) is 2.50. The molecule has 0 saturated carbocycles. The fourth-order valence-corrected chi connectivity index (χ4v) is 3.60. The Hall–Kier alpha value is -1.24. The molecule has 5 nitrogen and oxygen atoms in total. The van der Waals surface area contributed by atoms with E-state index >= 15 is 0 Å². The lowest BCUT2D eigenvalue weighted by atomic mass is 10.2. The highest BCUT2D eigenvalue weighted by Gasteiger charge is 2.24. The predicted molar refractivity (Wildman–Crippen MR) is 83.3 cm³/mol. The number of aliphatic imine (C=N–C) groups is 1. The van der Waals surface area contributed by atoms with Gasteiger partial charge in [0.15, 0.2) is 0 Å². The van der Waals surface area contributed by atoms with Gasteiger partial charge in [0, 0.05) is 17.6 Å². The molecule has 2 rings (SSSR count). The van der Waals surface area contributed by atoms with Gasteiger partial charge in [-0.15, -0.1) is 0 Å². The number of methoxy groups -OCH3 is 2. The molecule has 1 aliphatic heterocycles. The van der Waals surface area contributed by atoms with Crippen molar-refractivity contribution in [3.63, 3.8) is 0 Å². The van der Waals surface area contributed by atoms with Crippen molar-refractivity contribution in [2.24, 2.45) is 4.99 Å². The monoisotopic (exact) mass is 329 g/mol. The van der Waals surface area contributed by atoms with E-state index in [4.69, 9.17) is 16.3 Å². The van der Waals surface area contributed by atoms with Gasteiger partial charge in [0.05, 0.1) is 24.8 Å². The number of nitrogens with zero attached hydrogens (tertiary/aromatic N) is 1. The van der Waals surface area contributed by atoms with Crippen LogP contribution >= 0.6 is 11.6 Å². The predicted octanol–water partition coefficient (Wildman–Crippen LogP) is 3.10. The van der Waals surface area contributed by atoms with Gasteiger partial charge in [-0.25, -0.2) is 9.79 Å². The van der Waals surface area contributed by atoms with Crippen LogP contribution in [0.5, 0.6) is 5.75 Å². The number of hydrogen-bond donors (Lipinski definition) is 0. The van der Waals surface area contributed by atoms with E-state index < -0.39 is 17.1 Å². The van der Waals surface area contributed by atoms with Crippen LogP contribution in [0.4, 0.5) is 5.69 Å². The molecule has 0 amide bonds. The lowest BCUT2D eigenvalue weighted by Crippen LogP contribution is -2.23. The van der Waals surface area contributed by atoms with Crippen LogP contribution in [0.2, 0.25) is 5.02 Å². The van der Waals surface area contributed by atoms with Crippen LogP contribution in [0.1, 0.15) is 29.6 Å². The molecule has 0 radical (unpaired) electrons. The molecule has 1 aromatic rings. The summed E-state index contributed by atoms with van der Waals surface area (Å²) in [5.41, 5.74) is 0.535. The number of carbonyl (C=O) groups excluding carboxylic acids is 1. The van der Waals surface area contributed by atoms with Gasteiger partial charge in [0.1, 0.15) is 17.2 Å². The summed E-state index contributed by atoms with van der Waals surface area (Å²) in [6.07, 6.45) is 2.54. The second-order valence-electron chi connectivity index (χ2n) is 4.48. The first kappa shape index (κ1) is 16.1. The summed E-state index contributed by atoms with van der Waals surface area (Å²) in [6.45, 7) is 0. The number of halogens is 1. The maximum absolute atomic E-state index is 12.0. The number of rotatable bonds is 3. The van der Waals surface area contributed by atoms with Crippen molar-refractivity contribution < 1.29 is 18.8 Å². The first-order chi connectivity index (χ1) is 10.1. The Balaban J connectivity index is 2.49. The molecule has 0 aliphatic carbocycles. The van der Waals surface area contributed by atoms with E-state index in [0.29, 0.717) is 28.7 Å². The highest BCUT2D eigenvalue weighted by molar-refractivity contribution is 8.06. The molecule has 0 aromatic heterocycles. The van der Waals surface area contributed by atoms with E-state index in [1.54, 1.807) is 6.07 Å². The van der Waals surface area contributed by atoms with E-state index in [9.17, 15) is 9.35 Å². The fraction of sp³-hybridized carbons (Fsp3) is 0.429. The first-order valence-electron chi connectivity index (χ1n) is 6.49. The summed E-state index contributed by atoms with van der Waals surface area (Å²) < 4.78 is 21.9. The molecule has 1 fully saturated rings. The SMILES string of the molecule is COC(=O)c1ccc(OC)c(N=C2CCCC[S+]2[O-])c1Cl. The van der Waals surface area contributed by atoms with Gasteiger partial charge in [0.2, 0.25) is 5.04 Å². The fourth-order valence-electron chi connectivity index (χ4n) is 2.06. The number of benzene rings is 1. The topological polar surface area (TPSA) is 71.0 Å². The van der Waals surface area contributed by atoms with Crippen LogP contribution < -0.4 is 4.74 Å². The van der Waals surface area contributed by atoms with Crippen LogP contribution in [0, 0.1) is 0 Å². The quantitative estimate of drug-likeness (QED) is 0.631. The smallest absolute Gasteiger partial charge is 0.339 e. The lowest BCUT2D eigenvalue weighted by molar-refractivity contribution is 0.0601. The Morgan fingerprint density at radius 3 is 2.76 bits per heavy atom. The average molecular weight is 330 g/mol. The summed E-state index contributed by atoms with van der Waals surface area (Å²) in [4.78, 5) is 16.1. The zero-order valence-corrected chi connectivity index (χ0v) is 13.4. The Labute approximate surface area is 131 Å². The summed E-state index contributed by atoms with van der Waals surface area (Å²) in [7, 11) is 2.77. The van der Waals surface area contributed by atoms with Crippen LogP contribution in [0.3, 0.4) is 0 Å². The van der Waals surface area contributed by atoms with E-state index in [2.05, 4.69) is 9.73 Å². The van der Waals surface area contributed by atoms with Gasteiger partial charge in [-0.1, -0.05) is 11.6 Å². The number of carbonyl (C=O) groups is 1. The van der Waals surface area contributed by atoms with Gasteiger partial charge < -0.3 is 14.0 Å². The second-order valence-corrected chi connectivity index (χ2v) is 6.43. The number of esters is 1. The summed E-state index contributed by atoms with van der Waals surface area (Å²) in [5.74, 6) is 0.492. The molecule has 0 N–H and O–H groups in total. The van der Waals surface area contributed by atoms with E-state index in [-0.39, 0.29) is 10.6 Å². The van der Waals surface area contributed by atoms with Crippen LogP contribution in [-0.4, -0.2) is 35.5 Å². The molecular formula is C14H16ClNO4S. The zero-order valence-electron chi connectivity index (χ0n) is 11.8. The van der Waals surface area contributed by atoms with Crippen molar-refractivity contribution in [1.82, 2.24) is 0 Å². The molecule has 1 saturated heterocycles. The standard InChI is InChI=1S/C14H16ClNO4S/c1-19-10-7-6-9(14(17)20-2)12(15)13(10)16-11-5-3-4-8-21(11)18/h6-7H,3-5,8H2,1-2H3. The third-order valence-electron chi connectivity index (χ3n) is 3.17. The molecular weight excluding hydrogens is 314 g/mol. The number of ether oxygens (including phenoxy) is 2. The van der Waals surface area contributed by atoms with E-state index in [0.717, 1.165) is 12.8 Å². The minimum Gasteiger partial charge on any atom is -0.610 e. The lowest BCUT2D eigenvalue weighted by Gasteiger charge is -2.18. The Kier molecular flexibility index (Phi) is 5.50. The molecule has 1 aliphatic rings. The molecule has 0 spiro atoms. The minimum atomic E-state index is -1.10. The van der Waals surface area contributed by atoms with Crippen LogP contribution in [-0.2, 0) is 15.9 Å². The molecule has 21 heavy (non-hydrogen) atoms. The summed E-state index contributed by atoms with van der Waals surface area (Å²) in [6, 6.07) is 3.12. The third kappa shape index (κ3) is 3.51. The highest BCUT2D eigenvalue weighted by atomic mass is 35.5. The van der Waals surface area contributed by atoms with Gasteiger partial charge in [-0.05, 0) is 25.0 Å². The summed E-state index contributed by atoms with van der Waals surface area (Å²) >= 11 is 5.15. The second kappa shape index (κ2) is 7.15. The van der Waals surface area contributed by atoms with Crippen molar-refractivity contribution in [3.8, 4) is 5.75 Å². The molecule has 1 aromatic carbocycles. The van der Waals surface area contributed by atoms with Crippen molar-refractivity contribution in [1.29, 1.82) is 0 Å². The van der Waals surface area contributed by atoms with E-state index in [1.807, 2.05) is 0 Å². The van der Waals surface area contributed by atoms with Gasteiger partial charge in [0.25, 0.3) is 0 Å². The highest BCUT2D eigenvalue weighted by Crippen LogP contribution is 2.39. The Morgan fingerprint density at radius 1 is 1.38 bits per heavy atom. The van der Waals surface area contributed by atoms with Gasteiger partial charge in [-0.3, -0.25) is 0 Å². The molecule has 0 bridgehead atoms. The van der Waals surface area contributed by atoms with Crippen LogP contribution in [0.25, 0.3) is 0 Å². The Morgan fingerprint density at radius 2 is 2.14 bits per heavy atom. The zero-order chi connectivity index (χ0) is 15.4. The molecule has 1 heterocycles. The molecule has 1 unspecified atom stereocenters. The van der Waals surface area contributed by atoms with E-state index in [1.165, 1.54) is 20.3 Å². The normalized spacial score (nSPS) is 20.4. The maximum Gasteiger partial charge on any atom is 0.339 e. The minimum absolute atomic E-state index is 0.149. The van der Waals surface area contributed by atoms with Gasteiger partial charge in [-0.2, -0.15) is 0 Å². The maximum atomic E-state index is 12.0. The largest absolute Gasteiger partial charge is 0.610 e. The molecule has 1 atom stereocenters. The third-order valence-corrected chi connectivity index (χ3v) is 5.04. The first-order valence-corrected chi connectivity index (χ1v) is 8.19. The van der Waals surface area contributed by atoms with Crippen molar-refractivity contribution in [3.05, 3.63) is 22.7 Å². The number of hydrogen-bond acceptors (Lipinski definition) is 5. The van der Waals surface area contributed by atoms with Crippen LogP contribution in [0.15, 0.2) is 17.1 Å². The Bertz CT molecular complexity index is 576. The van der Waals surface area contributed by atoms with Crippen molar-refractivity contribution in [2.75, 3.05) is 20.0 Å².